The summed E-state index contributed by atoms with van der Waals surface area (Å²) >= 11 is 0. The molecule has 0 saturated heterocycles. The average molecular weight is 156 g/mol. The monoisotopic (exact) mass is 156 g/mol. The Morgan fingerprint density at radius 2 is 1.92 bits per heavy atom. The SMILES string of the molecule is [c]1[c][c]c(C2CCCCC2)c[c]1. The minimum absolute atomic E-state index is 0.723. The molecular formula is C12H12. The number of hydrogen-bond acceptors (Lipinski definition) is 0. The highest BCUT2D eigenvalue weighted by molar-refractivity contribution is 5.16. The highest BCUT2D eigenvalue weighted by Crippen LogP contribution is 2.31. The fourth-order valence-electron chi connectivity index (χ4n) is 1.92. The Balaban J connectivity index is 2.08. The highest BCUT2D eigenvalue weighted by atomic mass is 14.2. The van der Waals surface area contributed by atoms with Gasteiger partial charge in [0.15, 0.2) is 0 Å². The van der Waals surface area contributed by atoms with Crippen molar-refractivity contribution in [1.82, 2.24) is 0 Å². The van der Waals surface area contributed by atoms with Crippen molar-refractivity contribution in [3.05, 3.63) is 35.9 Å². The summed E-state index contributed by atoms with van der Waals surface area (Å²) in [4.78, 5) is 0. The molecule has 1 saturated carbocycles. The zero-order valence-corrected chi connectivity index (χ0v) is 7.19. The molecule has 0 nitrogen and oxygen atoms in total. The Morgan fingerprint density at radius 3 is 2.58 bits per heavy atom. The van der Waals surface area contributed by atoms with Crippen LogP contribution in [0.15, 0.2) is 6.07 Å². The molecule has 0 spiro atoms. The minimum Gasteiger partial charge on any atom is -0.0533 e. The normalized spacial score (nSPS) is 19.3. The molecule has 0 aliphatic heterocycles. The summed E-state index contributed by atoms with van der Waals surface area (Å²) < 4.78 is 0. The van der Waals surface area contributed by atoms with Crippen LogP contribution in [0.25, 0.3) is 0 Å². The standard InChI is InChI=1S/C12H12/c1-3-7-11(8-4-1)12-9-5-2-6-10-12/h9,11H,1,3-4,7-8H2. The van der Waals surface area contributed by atoms with Gasteiger partial charge in [-0.05, 0) is 54.7 Å². The summed E-state index contributed by atoms with van der Waals surface area (Å²) in [6.07, 6.45) is 6.79. The molecular weight excluding hydrogens is 144 g/mol. The van der Waals surface area contributed by atoms with Crippen LogP contribution in [-0.2, 0) is 0 Å². The lowest BCUT2D eigenvalue weighted by molar-refractivity contribution is 0.443. The van der Waals surface area contributed by atoms with Crippen molar-refractivity contribution in [1.29, 1.82) is 0 Å². The molecule has 0 amide bonds. The Morgan fingerprint density at radius 1 is 1.08 bits per heavy atom. The molecule has 1 aliphatic carbocycles. The minimum atomic E-state index is 0.723. The summed E-state index contributed by atoms with van der Waals surface area (Å²) in [6, 6.07) is 13.7. The third kappa shape index (κ3) is 1.69. The molecule has 1 aliphatic rings. The van der Waals surface area contributed by atoms with Crippen molar-refractivity contribution < 1.29 is 0 Å². The van der Waals surface area contributed by atoms with Crippen LogP contribution < -0.4 is 0 Å². The molecule has 60 valence electrons. The van der Waals surface area contributed by atoms with Gasteiger partial charge in [0.2, 0.25) is 0 Å². The second-order valence-corrected chi connectivity index (χ2v) is 3.45. The van der Waals surface area contributed by atoms with Gasteiger partial charge in [0.25, 0.3) is 0 Å². The largest absolute Gasteiger partial charge is 0.0533 e. The van der Waals surface area contributed by atoms with E-state index in [1.807, 2.05) is 6.07 Å². The van der Waals surface area contributed by atoms with Gasteiger partial charge in [-0.1, -0.05) is 19.3 Å². The van der Waals surface area contributed by atoms with Gasteiger partial charge in [-0.25, -0.2) is 0 Å². The van der Waals surface area contributed by atoms with E-state index in [4.69, 9.17) is 0 Å². The van der Waals surface area contributed by atoms with Crippen molar-refractivity contribution in [2.24, 2.45) is 0 Å². The summed E-state index contributed by atoms with van der Waals surface area (Å²) in [6.45, 7) is 0. The third-order valence-corrected chi connectivity index (χ3v) is 2.61. The van der Waals surface area contributed by atoms with Gasteiger partial charge in [0, 0.05) is 0 Å². The van der Waals surface area contributed by atoms with Crippen LogP contribution in [0.5, 0.6) is 0 Å². The summed E-state index contributed by atoms with van der Waals surface area (Å²) in [5.41, 5.74) is 1.29. The van der Waals surface area contributed by atoms with E-state index in [-0.39, 0.29) is 0 Å². The van der Waals surface area contributed by atoms with Crippen LogP contribution >= 0.6 is 0 Å². The van der Waals surface area contributed by atoms with Crippen molar-refractivity contribution in [2.45, 2.75) is 38.0 Å². The quantitative estimate of drug-likeness (QED) is 0.586. The number of benzene rings is 1. The maximum absolute atomic E-state index is 3.13. The lowest BCUT2D eigenvalue weighted by Crippen LogP contribution is -2.04. The Hall–Kier alpha value is -0.780. The second kappa shape index (κ2) is 3.75. The van der Waals surface area contributed by atoms with Gasteiger partial charge in [0.1, 0.15) is 0 Å². The molecule has 1 aromatic rings. The Labute approximate surface area is 74.6 Å². The molecule has 0 aromatic heterocycles. The van der Waals surface area contributed by atoms with Crippen molar-refractivity contribution >= 4 is 0 Å². The molecule has 0 heteroatoms. The predicted octanol–water partition coefficient (Wildman–Crippen LogP) is 2.94. The van der Waals surface area contributed by atoms with Crippen molar-refractivity contribution in [3.63, 3.8) is 0 Å². The van der Waals surface area contributed by atoms with Crippen LogP contribution in [0.3, 0.4) is 0 Å². The van der Waals surface area contributed by atoms with E-state index >= 15 is 0 Å². The molecule has 0 N–H and O–H groups in total. The van der Waals surface area contributed by atoms with Crippen molar-refractivity contribution in [3.8, 4) is 0 Å². The van der Waals surface area contributed by atoms with Gasteiger partial charge in [-0.15, -0.1) is 0 Å². The van der Waals surface area contributed by atoms with E-state index in [0.29, 0.717) is 0 Å². The van der Waals surface area contributed by atoms with Gasteiger partial charge in [-0.2, -0.15) is 0 Å². The second-order valence-electron chi connectivity index (χ2n) is 3.45. The first-order valence-corrected chi connectivity index (χ1v) is 4.68. The third-order valence-electron chi connectivity index (χ3n) is 2.61. The first-order valence-electron chi connectivity index (χ1n) is 4.68. The Kier molecular flexibility index (Phi) is 2.45. The zero-order chi connectivity index (χ0) is 8.23. The lowest BCUT2D eigenvalue weighted by atomic mass is 9.84. The van der Waals surface area contributed by atoms with E-state index in [1.54, 1.807) is 0 Å². The molecule has 0 heterocycles. The van der Waals surface area contributed by atoms with Crippen LogP contribution in [0.1, 0.15) is 43.6 Å². The molecule has 0 bridgehead atoms. The molecule has 0 unspecified atom stereocenters. The molecule has 1 aromatic carbocycles. The Bertz CT molecular complexity index is 219. The van der Waals surface area contributed by atoms with Gasteiger partial charge < -0.3 is 0 Å². The van der Waals surface area contributed by atoms with Crippen LogP contribution in [0.4, 0.5) is 0 Å². The average Bonchev–Trinajstić information content (AvgIpc) is 2.21. The van der Waals surface area contributed by atoms with Gasteiger partial charge in [0.05, 0.1) is 0 Å². The first kappa shape index (κ1) is 7.85. The predicted molar refractivity (Wildman–Crippen MR) is 47.6 cm³/mol. The van der Waals surface area contributed by atoms with E-state index in [1.165, 1.54) is 37.7 Å². The number of rotatable bonds is 1. The van der Waals surface area contributed by atoms with Crippen molar-refractivity contribution in [2.75, 3.05) is 0 Å². The lowest BCUT2D eigenvalue weighted by Gasteiger charge is -2.21. The smallest absolute Gasteiger partial charge is 0.000408 e. The maximum atomic E-state index is 3.13. The van der Waals surface area contributed by atoms with Gasteiger partial charge in [-0.3, -0.25) is 0 Å². The van der Waals surface area contributed by atoms with E-state index in [0.717, 1.165) is 5.92 Å². The topological polar surface area (TPSA) is 0 Å². The molecule has 0 atom stereocenters. The zero-order valence-electron chi connectivity index (χ0n) is 7.19. The van der Waals surface area contributed by atoms with E-state index < -0.39 is 0 Å². The molecule has 1 fully saturated rings. The van der Waals surface area contributed by atoms with Crippen LogP contribution in [-0.4, -0.2) is 0 Å². The van der Waals surface area contributed by atoms with E-state index in [9.17, 15) is 0 Å². The first-order chi connectivity index (χ1) is 5.97. The number of hydrogen-bond donors (Lipinski definition) is 0. The van der Waals surface area contributed by atoms with Crippen LogP contribution in [0, 0.1) is 24.3 Å². The van der Waals surface area contributed by atoms with Gasteiger partial charge >= 0.3 is 0 Å². The summed E-state index contributed by atoms with van der Waals surface area (Å²) in [5, 5.41) is 0. The fraction of sp³-hybridized carbons (Fsp3) is 0.500. The fourth-order valence-corrected chi connectivity index (χ4v) is 1.92. The summed E-state index contributed by atoms with van der Waals surface area (Å²) in [7, 11) is 0. The molecule has 2 rings (SSSR count). The maximum Gasteiger partial charge on any atom is -0.000408 e. The highest BCUT2D eigenvalue weighted by Gasteiger charge is 2.14. The molecule has 12 heavy (non-hydrogen) atoms. The van der Waals surface area contributed by atoms with E-state index in [2.05, 4.69) is 24.3 Å². The van der Waals surface area contributed by atoms with Crippen LogP contribution in [0.2, 0.25) is 0 Å². The molecule has 4 radical (unpaired) electrons. The summed E-state index contributed by atoms with van der Waals surface area (Å²) in [5.74, 6) is 0.723.